The van der Waals surface area contributed by atoms with E-state index in [2.05, 4.69) is 0 Å². The lowest BCUT2D eigenvalue weighted by molar-refractivity contribution is -0.115. The van der Waals surface area contributed by atoms with Crippen LogP contribution in [-0.4, -0.2) is 43.9 Å². The average Bonchev–Trinajstić information content (AvgIpc) is 2.00. The van der Waals surface area contributed by atoms with Gasteiger partial charge in [0.1, 0.15) is 0 Å². The summed E-state index contributed by atoms with van der Waals surface area (Å²) in [5, 5.41) is 0.503. The number of nitrogens with zero attached hydrogens (tertiary/aromatic N) is 1. The van der Waals surface area contributed by atoms with Gasteiger partial charge >= 0.3 is 0 Å². The normalized spacial score (nSPS) is 15.4. The maximum absolute atomic E-state index is 11.0. The lowest BCUT2D eigenvalue weighted by Crippen LogP contribution is -2.35. The molecule has 0 aromatic heterocycles. The van der Waals surface area contributed by atoms with Gasteiger partial charge in [0, 0.05) is 11.6 Å². The van der Waals surface area contributed by atoms with E-state index >= 15 is 0 Å². The first-order valence-electron chi connectivity index (χ1n) is 4.34. The Labute approximate surface area is 89.5 Å². The molecule has 0 saturated carbocycles. The van der Waals surface area contributed by atoms with Crippen molar-refractivity contribution in [1.29, 1.82) is 0 Å². The van der Waals surface area contributed by atoms with Crippen LogP contribution in [0.2, 0.25) is 0 Å². The van der Waals surface area contributed by atoms with Gasteiger partial charge in [-0.3, -0.25) is 9.35 Å². The van der Waals surface area contributed by atoms with Crippen molar-refractivity contribution in [3.05, 3.63) is 11.0 Å². The summed E-state index contributed by atoms with van der Waals surface area (Å²) in [4.78, 5) is 12.7. The minimum Gasteiger partial charge on any atom is -0.366 e. The maximum atomic E-state index is 11.0. The maximum Gasteiger partial charge on any atom is 0.288 e. The summed E-state index contributed by atoms with van der Waals surface area (Å²) in [5.74, 6) is -0.854. The molecule has 7 heteroatoms. The van der Waals surface area contributed by atoms with E-state index < -0.39 is 22.1 Å². The van der Waals surface area contributed by atoms with E-state index in [1.165, 1.54) is 0 Å². The monoisotopic (exact) mass is 236 g/mol. The van der Waals surface area contributed by atoms with Crippen molar-refractivity contribution >= 4 is 16.0 Å². The van der Waals surface area contributed by atoms with Gasteiger partial charge in [0.15, 0.2) is 0 Å². The molecule has 0 bridgehead atoms. The van der Waals surface area contributed by atoms with Crippen LogP contribution in [0.25, 0.3) is 0 Å². The summed E-state index contributed by atoms with van der Waals surface area (Å²) >= 11 is 0. The molecular weight excluding hydrogens is 220 g/mol. The number of primary amides is 1. The predicted octanol–water partition coefficient (Wildman–Crippen LogP) is -0.416. The molecule has 1 unspecified atom stereocenters. The average molecular weight is 236 g/mol. The van der Waals surface area contributed by atoms with Gasteiger partial charge in [-0.2, -0.15) is 8.42 Å². The highest BCUT2D eigenvalue weighted by atomic mass is 32.2. The molecule has 15 heavy (non-hydrogen) atoms. The fourth-order valence-corrected chi connectivity index (χ4v) is 1.92. The van der Waals surface area contributed by atoms with Gasteiger partial charge in [-0.25, -0.2) is 0 Å². The van der Waals surface area contributed by atoms with Crippen molar-refractivity contribution in [1.82, 2.24) is 4.90 Å². The molecular formula is C8H16N2O4S. The van der Waals surface area contributed by atoms with Crippen molar-refractivity contribution < 1.29 is 17.8 Å². The van der Waals surface area contributed by atoms with E-state index in [0.717, 1.165) is 0 Å². The summed E-state index contributed by atoms with van der Waals surface area (Å²) in [6, 6.07) is -0.426. The van der Waals surface area contributed by atoms with Gasteiger partial charge in [-0.15, -0.1) is 0 Å². The van der Waals surface area contributed by atoms with Crippen LogP contribution in [0.5, 0.6) is 0 Å². The van der Waals surface area contributed by atoms with Crippen LogP contribution in [0.15, 0.2) is 11.0 Å². The molecule has 0 fully saturated rings. The van der Waals surface area contributed by atoms with Crippen molar-refractivity contribution in [3.8, 4) is 0 Å². The topological polar surface area (TPSA) is 101 Å². The van der Waals surface area contributed by atoms with E-state index in [4.69, 9.17) is 10.3 Å². The molecule has 0 aromatic rings. The third-order valence-electron chi connectivity index (χ3n) is 1.93. The number of hydrogen-bond acceptors (Lipinski definition) is 4. The predicted molar refractivity (Wildman–Crippen MR) is 56.6 cm³/mol. The zero-order valence-corrected chi connectivity index (χ0v) is 9.78. The number of hydrogen-bond donors (Lipinski definition) is 2. The summed E-state index contributed by atoms with van der Waals surface area (Å²) in [6.45, 7) is 1.78. The highest BCUT2D eigenvalue weighted by molar-refractivity contribution is 7.88. The van der Waals surface area contributed by atoms with Crippen molar-refractivity contribution in [3.63, 3.8) is 0 Å². The Hall–Kier alpha value is -0.920. The lowest BCUT2D eigenvalue weighted by Gasteiger charge is -2.23. The Morgan fingerprint density at radius 2 is 2.00 bits per heavy atom. The van der Waals surface area contributed by atoms with Crippen LogP contribution in [0.1, 0.15) is 13.3 Å². The zero-order chi connectivity index (χ0) is 12.2. The number of carbonyl (C=O) groups is 1. The SMILES string of the molecule is CCC(/C(=C/S(=O)(=O)O)C(N)=O)N(C)C. The molecule has 0 aliphatic heterocycles. The first-order valence-corrected chi connectivity index (χ1v) is 5.84. The van der Waals surface area contributed by atoms with Gasteiger partial charge in [0.05, 0.1) is 5.41 Å². The third kappa shape index (κ3) is 4.91. The molecule has 1 atom stereocenters. The van der Waals surface area contributed by atoms with Crippen LogP contribution in [0, 0.1) is 0 Å². The Kier molecular flexibility index (Phi) is 4.92. The van der Waals surface area contributed by atoms with Crippen LogP contribution >= 0.6 is 0 Å². The minimum atomic E-state index is -4.35. The van der Waals surface area contributed by atoms with E-state index in [1.54, 1.807) is 25.9 Å². The van der Waals surface area contributed by atoms with Gasteiger partial charge in [-0.05, 0) is 20.5 Å². The molecule has 0 rings (SSSR count). The second-order valence-corrected chi connectivity index (χ2v) is 4.61. The second-order valence-electron chi connectivity index (χ2n) is 3.34. The molecule has 1 amide bonds. The van der Waals surface area contributed by atoms with E-state index in [0.29, 0.717) is 11.8 Å². The fraction of sp³-hybridized carbons (Fsp3) is 0.625. The number of carbonyl (C=O) groups excluding carboxylic acids is 1. The molecule has 0 heterocycles. The molecule has 6 nitrogen and oxygen atoms in total. The van der Waals surface area contributed by atoms with E-state index in [-0.39, 0.29) is 5.57 Å². The number of rotatable bonds is 5. The standard InChI is InChI=1S/C8H16N2O4S/c1-4-7(10(2)3)6(8(9)11)5-15(12,13)14/h5,7H,4H2,1-3H3,(H2,9,11)(H,12,13,14)/b6-5-. The summed E-state index contributed by atoms with van der Waals surface area (Å²) in [7, 11) is -0.968. The van der Waals surface area contributed by atoms with Gasteiger partial charge < -0.3 is 10.6 Å². The van der Waals surface area contributed by atoms with Crippen LogP contribution in [0.4, 0.5) is 0 Å². The molecule has 0 saturated heterocycles. The lowest BCUT2D eigenvalue weighted by atomic mass is 10.1. The van der Waals surface area contributed by atoms with Crippen molar-refractivity contribution in [2.75, 3.05) is 14.1 Å². The third-order valence-corrected chi connectivity index (χ3v) is 2.48. The summed E-state index contributed by atoms with van der Waals surface area (Å²) in [5.41, 5.74) is 4.93. The molecule has 88 valence electrons. The van der Waals surface area contributed by atoms with E-state index in [1.807, 2.05) is 0 Å². The fourth-order valence-electron chi connectivity index (χ4n) is 1.32. The van der Waals surface area contributed by atoms with Gasteiger partial charge in [0.2, 0.25) is 5.91 Å². The molecule has 0 radical (unpaired) electrons. The summed E-state index contributed by atoms with van der Waals surface area (Å²) < 4.78 is 29.9. The quantitative estimate of drug-likeness (QED) is 0.499. The molecule has 0 aliphatic rings. The molecule has 0 spiro atoms. The zero-order valence-electron chi connectivity index (χ0n) is 8.97. The Bertz CT molecular complexity index is 359. The molecule has 3 N–H and O–H groups in total. The highest BCUT2D eigenvalue weighted by Gasteiger charge is 2.21. The van der Waals surface area contributed by atoms with Crippen LogP contribution < -0.4 is 5.73 Å². The first-order chi connectivity index (χ1) is 6.69. The first kappa shape index (κ1) is 14.1. The van der Waals surface area contributed by atoms with Gasteiger partial charge in [0.25, 0.3) is 10.1 Å². The van der Waals surface area contributed by atoms with E-state index in [9.17, 15) is 13.2 Å². The molecule has 0 aromatic carbocycles. The number of likely N-dealkylation sites (N-methyl/N-ethyl adjacent to an activating group) is 1. The van der Waals surface area contributed by atoms with Crippen LogP contribution in [0.3, 0.4) is 0 Å². The van der Waals surface area contributed by atoms with Crippen LogP contribution in [-0.2, 0) is 14.9 Å². The molecule has 0 aliphatic carbocycles. The number of nitrogens with two attached hydrogens (primary N) is 1. The largest absolute Gasteiger partial charge is 0.366 e. The van der Waals surface area contributed by atoms with Crippen molar-refractivity contribution in [2.24, 2.45) is 5.73 Å². The smallest absolute Gasteiger partial charge is 0.288 e. The Morgan fingerprint density at radius 1 is 1.53 bits per heavy atom. The second kappa shape index (κ2) is 5.24. The summed E-state index contributed by atoms with van der Waals surface area (Å²) in [6.07, 6.45) is 0.511. The minimum absolute atomic E-state index is 0.120. The van der Waals surface area contributed by atoms with Gasteiger partial charge in [-0.1, -0.05) is 6.92 Å². The van der Waals surface area contributed by atoms with Crippen molar-refractivity contribution in [2.45, 2.75) is 19.4 Å². The Morgan fingerprint density at radius 3 is 2.20 bits per heavy atom. The number of amides is 1. The Balaban J connectivity index is 5.32. The highest BCUT2D eigenvalue weighted by Crippen LogP contribution is 2.12.